The number of hydrogen-bond donors (Lipinski definition) is 1. The van der Waals surface area contributed by atoms with E-state index in [9.17, 15) is 0 Å². The Hall–Kier alpha value is 0.500. The summed E-state index contributed by atoms with van der Waals surface area (Å²) in [5.74, 6) is 0.834. The van der Waals surface area contributed by atoms with Crippen LogP contribution in [-0.4, -0.2) is 37.6 Å². The zero-order chi connectivity index (χ0) is 11.6. The molecule has 0 radical (unpaired) electrons. The fourth-order valence-electron chi connectivity index (χ4n) is 2.28. The fourth-order valence-corrected chi connectivity index (χ4v) is 2.28. The molecule has 1 rings (SSSR count). The molecule has 0 aliphatic carbocycles. The molecule has 1 heterocycles. The van der Waals surface area contributed by atoms with Crippen LogP contribution in [0.25, 0.3) is 0 Å². The monoisotopic (exact) mass is 298 g/mol. The lowest BCUT2D eigenvalue weighted by Crippen LogP contribution is -2.31. The number of piperidine rings is 1. The first-order valence-corrected chi connectivity index (χ1v) is 7.22. The van der Waals surface area contributed by atoms with Crippen LogP contribution in [0, 0.1) is 5.92 Å². The van der Waals surface area contributed by atoms with Crippen molar-refractivity contribution in [3.05, 3.63) is 0 Å². The van der Waals surface area contributed by atoms with Crippen LogP contribution < -0.4 is 5.32 Å². The molecule has 0 unspecified atom stereocenters. The van der Waals surface area contributed by atoms with E-state index in [2.05, 4.69) is 24.1 Å². The van der Waals surface area contributed by atoms with Gasteiger partial charge in [0.05, 0.1) is 0 Å². The van der Waals surface area contributed by atoms with Crippen molar-refractivity contribution in [1.82, 2.24) is 10.2 Å². The number of nitrogens with one attached hydrogen (secondary N) is 1. The standard InChI is InChI=1S/C14H30N2.2ClH/c1-14(2)8-10-15-9-4-7-13-16-11-5-3-6-12-16;;/h14-15H,3-13H2,1-2H3;2*1H. The number of rotatable bonds is 8. The van der Waals surface area contributed by atoms with Crippen LogP contribution in [0.3, 0.4) is 0 Å². The van der Waals surface area contributed by atoms with Gasteiger partial charge in [0.2, 0.25) is 0 Å². The lowest BCUT2D eigenvalue weighted by Gasteiger charge is -2.26. The van der Waals surface area contributed by atoms with E-state index >= 15 is 0 Å². The van der Waals surface area contributed by atoms with Gasteiger partial charge in [-0.1, -0.05) is 20.3 Å². The normalized spacial score (nSPS) is 16.2. The van der Waals surface area contributed by atoms with Crippen LogP contribution >= 0.6 is 24.8 Å². The van der Waals surface area contributed by atoms with E-state index in [4.69, 9.17) is 0 Å². The minimum atomic E-state index is 0. The lowest BCUT2D eigenvalue weighted by molar-refractivity contribution is 0.224. The highest BCUT2D eigenvalue weighted by molar-refractivity contribution is 5.85. The maximum absolute atomic E-state index is 3.54. The number of halogens is 2. The van der Waals surface area contributed by atoms with Crippen molar-refractivity contribution in [2.24, 2.45) is 5.92 Å². The molecule has 1 N–H and O–H groups in total. The van der Waals surface area contributed by atoms with Gasteiger partial charge < -0.3 is 10.2 Å². The Morgan fingerprint density at radius 2 is 1.61 bits per heavy atom. The Labute approximate surface area is 126 Å². The topological polar surface area (TPSA) is 15.3 Å². The van der Waals surface area contributed by atoms with E-state index < -0.39 is 0 Å². The zero-order valence-corrected chi connectivity index (χ0v) is 13.8. The van der Waals surface area contributed by atoms with E-state index in [-0.39, 0.29) is 24.8 Å². The lowest BCUT2D eigenvalue weighted by atomic mass is 10.1. The van der Waals surface area contributed by atoms with Crippen molar-refractivity contribution in [2.75, 3.05) is 32.7 Å². The molecule has 0 saturated carbocycles. The largest absolute Gasteiger partial charge is 0.317 e. The maximum atomic E-state index is 3.54. The second-order valence-electron chi connectivity index (χ2n) is 5.54. The third-order valence-electron chi connectivity index (χ3n) is 3.43. The van der Waals surface area contributed by atoms with Gasteiger partial charge in [-0.15, -0.1) is 24.8 Å². The summed E-state index contributed by atoms with van der Waals surface area (Å²) < 4.78 is 0. The van der Waals surface area contributed by atoms with E-state index in [1.54, 1.807) is 0 Å². The predicted molar refractivity (Wildman–Crippen MR) is 86.3 cm³/mol. The molecule has 18 heavy (non-hydrogen) atoms. The molecular formula is C14H32Cl2N2. The van der Waals surface area contributed by atoms with Crippen LogP contribution in [0.1, 0.15) is 52.4 Å². The Bertz CT molecular complexity index is 160. The highest BCUT2D eigenvalue weighted by Crippen LogP contribution is 2.09. The highest BCUT2D eigenvalue weighted by Gasteiger charge is 2.08. The van der Waals surface area contributed by atoms with Crippen molar-refractivity contribution in [3.8, 4) is 0 Å². The van der Waals surface area contributed by atoms with Gasteiger partial charge in [-0.3, -0.25) is 0 Å². The van der Waals surface area contributed by atoms with E-state index in [1.165, 1.54) is 71.2 Å². The number of likely N-dealkylation sites (tertiary alicyclic amines) is 1. The van der Waals surface area contributed by atoms with Crippen LogP contribution in [0.15, 0.2) is 0 Å². The third kappa shape index (κ3) is 11.6. The van der Waals surface area contributed by atoms with Crippen molar-refractivity contribution in [2.45, 2.75) is 52.4 Å². The molecule has 112 valence electrons. The minimum absolute atomic E-state index is 0. The minimum Gasteiger partial charge on any atom is -0.317 e. The molecular weight excluding hydrogens is 267 g/mol. The average molecular weight is 299 g/mol. The molecule has 1 aliphatic rings. The molecule has 0 aromatic carbocycles. The van der Waals surface area contributed by atoms with E-state index in [0.29, 0.717) is 0 Å². The van der Waals surface area contributed by atoms with Gasteiger partial charge in [-0.05, 0) is 70.7 Å². The molecule has 1 saturated heterocycles. The molecule has 0 aromatic rings. The van der Waals surface area contributed by atoms with Crippen molar-refractivity contribution < 1.29 is 0 Å². The summed E-state index contributed by atoms with van der Waals surface area (Å²) in [5.41, 5.74) is 0. The van der Waals surface area contributed by atoms with E-state index in [1.807, 2.05) is 0 Å². The first-order chi connectivity index (χ1) is 7.79. The van der Waals surface area contributed by atoms with Gasteiger partial charge in [0.25, 0.3) is 0 Å². The summed E-state index contributed by atoms with van der Waals surface area (Å²) in [7, 11) is 0. The first kappa shape index (κ1) is 20.8. The van der Waals surface area contributed by atoms with Crippen LogP contribution in [0.4, 0.5) is 0 Å². The number of hydrogen-bond acceptors (Lipinski definition) is 2. The van der Waals surface area contributed by atoms with Gasteiger partial charge >= 0.3 is 0 Å². The average Bonchev–Trinajstić information content (AvgIpc) is 2.29. The third-order valence-corrected chi connectivity index (χ3v) is 3.43. The second-order valence-corrected chi connectivity index (χ2v) is 5.54. The fraction of sp³-hybridized carbons (Fsp3) is 1.00. The number of unbranched alkanes of at least 4 members (excludes halogenated alkanes) is 1. The molecule has 0 spiro atoms. The molecule has 1 fully saturated rings. The van der Waals surface area contributed by atoms with Gasteiger partial charge in [0.15, 0.2) is 0 Å². The molecule has 0 aromatic heterocycles. The summed E-state index contributed by atoms with van der Waals surface area (Å²) in [6.45, 7) is 11.0. The molecule has 1 aliphatic heterocycles. The van der Waals surface area contributed by atoms with Gasteiger partial charge in [-0.25, -0.2) is 0 Å². The summed E-state index contributed by atoms with van der Waals surface area (Å²) in [5, 5.41) is 3.54. The van der Waals surface area contributed by atoms with Gasteiger partial charge in [-0.2, -0.15) is 0 Å². The Morgan fingerprint density at radius 3 is 2.22 bits per heavy atom. The first-order valence-electron chi connectivity index (χ1n) is 7.22. The second kappa shape index (κ2) is 13.9. The SMILES string of the molecule is CC(C)CCNCCCCN1CCCCC1.Cl.Cl. The molecule has 4 heteroatoms. The Balaban J connectivity index is 0. The smallest absolute Gasteiger partial charge is 0.00183 e. The Kier molecular flexibility index (Phi) is 16.1. The summed E-state index contributed by atoms with van der Waals surface area (Å²) in [6.07, 6.45) is 8.32. The molecule has 0 amide bonds. The molecule has 2 nitrogen and oxygen atoms in total. The van der Waals surface area contributed by atoms with Crippen molar-refractivity contribution in [3.63, 3.8) is 0 Å². The van der Waals surface area contributed by atoms with Crippen molar-refractivity contribution >= 4 is 24.8 Å². The summed E-state index contributed by atoms with van der Waals surface area (Å²) in [4.78, 5) is 2.64. The highest BCUT2D eigenvalue weighted by atomic mass is 35.5. The quantitative estimate of drug-likeness (QED) is 0.687. The van der Waals surface area contributed by atoms with Gasteiger partial charge in [0.1, 0.15) is 0 Å². The van der Waals surface area contributed by atoms with Crippen molar-refractivity contribution in [1.29, 1.82) is 0 Å². The van der Waals surface area contributed by atoms with Crippen LogP contribution in [0.5, 0.6) is 0 Å². The predicted octanol–water partition coefficient (Wildman–Crippen LogP) is 3.73. The molecule has 0 bridgehead atoms. The molecule has 0 atom stereocenters. The summed E-state index contributed by atoms with van der Waals surface area (Å²) >= 11 is 0. The zero-order valence-electron chi connectivity index (χ0n) is 12.1. The van der Waals surface area contributed by atoms with Crippen LogP contribution in [-0.2, 0) is 0 Å². The van der Waals surface area contributed by atoms with E-state index in [0.717, 1.165) is 5.92 Å². The Morgan fingerprint density at radius 1 is 0.944 bits per heavy atom. The number of nitrogens with zero attached hydrogens (tertiary/aromatic N) is 1. The summed E-state index contributed by atoms with van der Waals surface area (Å²) in [6, 6.07) is 0. The van der Waals surface area contributed by atoms with Crippen LogP contribution in [0.2, 0.25) is 0 Å². The maximum Gasteiger partial charge on any atom is -0.00183 e. The van der Waals surface area contributed by atoms with Gasteiger partial charge in [0, 0.05) is 0 Å².